The molecule has 2 aromatic rings. The molecule has 0 radical (unpaired) electrons. The Hall–Kier alpha value is -2.11. The summed E-state index contributed by atoms with van der Waals surface area (Å²) in [7, 11) is 0. The summed E-state index contributed by atoms with van der Waals surface area (Å²) < 4.78 is 1.23. The lowest BCUT2D eigenvalue weighted by Gasteiger charge is -2.01. The van der Waals surface area contributed by atoms with Gasteiger partial charge in [0.25, 0.3) is 0 Å². The third-order valence-corrected chi connectivity index (χ3v) is 2.07. The number of allylic oxidation sites excluding steroid dienone is 1. The zero-order chi connectivity index (χ0) is 11.5. The first kappa shape index (κ1) is 10.4. The molecular weight excluding hydrogens is 206 g/mol. The fourth-order valence-corrected chi connectivity index (χ4v) is 1.26. The van der Waals surface area contributed by atoms with E-state index >= 15 is 0 Å². The van der Waals surface area contributed by atoms with Gasteiger partial charge in [-0.15, -0.1) is 5.10 Å². The standard InChI is InChI=1S/C10H13N5O/c1-7(2)5-6-11-8-3-4-9-12-13-10(16)15(9)14-8/h3-5H,6H2,1-2H3,(H,11,14)(H,13,16). The van der Waals surface area contributed by atoms with E-state index in [2.05, 4.69) is 20.6 Å². The molecule has 0 bridgehead atoms. The van der Waals surface area contributed by atoms with Gasteiger partial charge in [-0.2, -0.15) is 9.61 Å². The van der Waals surface area contributed by atoms with Crippen LogP contribution in [-0.4, -0.2) is 26.4 Å². The number of aromatic nitrogens is 4. The van der Waals surface area contributed by atoms with Crippen LogP contribution in [0.3, 0.4) is 0 Å². The molecule has 0 aliphatic rings. The van der Waals surface area contributed by atoms with Crippen molar-refractivity contribution in [3.8, 4) is 0 Å². The molecule has 0 aliphatic heterocycles. The predicted molar refractivity (Wildman–Crippen MR) is 61.5 cm³/mol. The second-order valence-electron chi connectivity index (χ2n) is 3.68. The highest BCUT2D eigenvalue weighted by molar-refractivity contribution is 5.43. The third kappa shape index (κ3) is 2.10. The Labute approximate surface area is 92.0 Å². The van der Waals surface area contributed by atoms with Gasteiger partial charge in [-0.1, -0.05) is 11.6 Å². The number of nitrogens with zero attached hydrogens (tertiary/aromatic N) is 3. The lowest BCUT2D eigenvalue weighted by atomic mass is 10.3. The van der Waals surface area contributed by atoms with Crippen LogP contribution in [0.25, 0.3) is 5.65 Å². The highest BCUT2D eigenvalue weighted by Crippen LogP contribution is 2.02. The maximum absolute atomic E-state index is 11.3. The van der Waals surface area contributed by atoms with E-state index in [1.54, 1.807) is 12.1 Å². The number of rotatable bonds is 3. The van der Waals surface area contributed by atoms with E-state index in [1.165, 1.54) is 10.1 Å². The molecule has 0 atom stereocenters. The first-order valence-electron chi connectivity index (χ1n) is 4.98. The van der Waals surface area contributed by atoms with Crippen LogP contribution in [0.5, 0.6) is 0 Å². The number of fused-ring (bicyclic) bond motifs is 1. The Kier molecular flexibility index (Phi) is 2.72. The smallest absolute Gasteiger partial charge is 0.364 e. The number of hydrogen-bond acceptors (Lipinski definition) is 4. The number of hydrogen-bond donors (Lipinski definition) is 2. The van der Waals surface area contributed by atoms with Crippen LogP contribution < -0.4 is 11.0 Å². The van der Waals surface area contributed by atoms with E-state index in [0.717, 1.165) is 0 Å². The lowest BCUT2D eigenvalue weighted by Crippen LogP contribution is -2.14. The molecule has 0 aliphatic carbocycles. The van der Waals surface area contributed by atoms with Crippen LogP contribution >= 0.6 is 0 Å². The number of H-pyrrole nitrogens is 1. The molecule has 0 fully saturated rings. The third-order valence-electron chi connectivity index (χ3n) is 2.07. The molecule has 2 heterocycles. The first-order valence-corrected chi connectivity index (χ1v) is 4.98. The predicted octanol–water partition coefficient (Wildman–Crippen LogP) is 0.796. The molecule has 0 unspecified atom stereocenters. The van der Waals surface area contributed by atoms with Crippen LogP contribution in [0.4, 0.5) is 5.82 Å². The topological polar surface area (TPSA) is 75.1 Å². The fraction of sp³-hybridized carbons (Fsp3) is 0.300. The largest absolute Gasteiger partial charge is 0.365 e. The zero-order valence-electron chi connectivity index (χ0n) is 9.19. The molecule has 16 heavy (non-hydrogen) atoms. The maximum Gasteiger partial charge on any atom is 0.364 e. The minimum atomic E-state index is -0.333. The quantitative estimate of drug-likeness (QED) is 0.748. The van der Waals surface area contributed by atoms with Gasteiger partial charge in [0.1, 0.15) is 5.82 Å². The summed E-state index contributed by atoms with van der Waals surface area (Å²) in [6, 6.07) is 3.52. The minimum Gasteiger partial charge on any atom is -0.365 e. The van der Waals surface area contributed by atoms with Crippen molar-refractivity contribution in [2.75, 3.05) is 11.9 Å². The molecule has 0 saturated heterocycles. The molecule has 2 aromatic heterocycles. The van der Waals surface area contributed by atoms with E-state index in [0.29, 0.717) is 18.0 Å². The normalized spacial score (nSPS) is 10.4. The molecule has 0 spiro atoms. The molecule has 0 aromatic carbocycles. The van der Waals surface area contributed by atoms with Crippen molar-refractivity contribution in [2.24, 2.45) is 0 Å². The molecule has 2 rings (SSSR count). The van der Waals surface area contributed by atoms with Crippen molar-refractivity contribution in [1.82, 2.24) is 19.8 Å². The van der Waals surface area contributed by atoms with E-state index in [1.807, 2.05) is 19.9 Å². The van der Waals surface area contributed by atoms with Crippen molar-refractivity contribution in [1.29, 1.82) is 0 Å². The highest BCUT2D eigenvalue weighted by Gasteiger charge is 2.01. The second kappa shape index (κ2) is 4.18. The summed E-state index contributed by atoms with van der Waals surface area (Å²) in [4.78, 5) is 11.3. The van der Waals surface area contributed by atoms with Gasteiger partial charge < -0.3 is 5.32 Å². The van der Waals surface area contributed by atoms with Gasteiger partial charge in [0.2, 0.25) is 0 Å². The summed E-state index contributed by atoms with van der Waals surface area (Å²) in [5, 5.41) is 13.3. The van der Waals surface area contributed by atoms with Crippen molar-refractivity contribution < 1.29 is 0 Å². The Morgan fingerprint density at radius 3 is 3.12 bits per heavy atom. The minimum absolute atomic E-state index is 0.333. The molecule has 6 nitrogen and oxygen atoms in total. The molecule has 6 heteroatoms. The number of anilines is 1. The molecule has 0 amide bonds. The van der Waals surface area contributed by atoms with Gasteiger partial charge in [0, 0.05) is 6.54 Å². The van der Waals surface area contributed by atoms with E-state index < -0.39 is 0 Å². The fourth-order valence-electron chi connectivity index (χ4n) is 1.26. The lowest BCUT2D eigenvalue weighted by molar-refractivity contribution is 0.880. The van der Waals surface area contributed by atoms with Gasteiger partial charge in [0.05, 0.1) is 0 Å². The Balaban J connectivity index is 2.22. The monoisotopic (exact) mass is 219 g/mol. The average Bonchev–Trinajstić information content (AvgIpc) is 2.60. The average molecular weight is 219 g/mol. The molecule has 84 valence electrons. The van der Waals surface area contributed by atoms with Gasteiger partial charge in [-0.25, -0.2) is 9.89 Å². The Bertz CT molecular complexity index is 576. The van der Waals surface area contributed by atoms with Crippen molar-refractivity contribution in [3.05, 3.63) is 34.3 Å². The molecule has 0 saturated carbocycles. The van der Waals surface area contributed by atoms with E-state index in [9.17, 15) is 4.79 Å². The van der Waals surface area contributed by atoms with Gasteiger partial charge in [-0.3, -0.25) is 0 Å². The molecular formula is C10H13N5O. The van der Waals surface area contributed by atoms with Gasteiger partial charge in [0.15, 0.2) is 5.65 Å². The van der Waals surface area contributed by atoms with Crippen molar-refractivity contribution in [3.63, 3.8) is 0 Å². The Morgan fingerprint density at radius 1 is 1.56 bits per heavy atom. The number of nitrogens with one attached hydrogen (secondary N) is 2. The van der Waals surface area contributed by atoms with Crippen LogP contribution in [0.15, 0.2) is 28.6 Å². The van der Waals surface area contributed by atoms with Crippen LogP contribution in [0, 0.1) is 0 Å². The van der Waals surface area contributed by atoms with Crippen LogP contribution in [0.1, 0.15) is 13.8 Å². The van der Waals surface area contributed by atoms with Gasteiger partial charge in [-0.05, 0) is 26.0 Å². The SMILES string of the molecule is CC(C)=CCNc1ccc2n[nH]c(=O)n2n1. The number of aromatic amines is 1. The zero-order valence-corrected chi connectivity index (χ0v) is 9.19. The Morgan fingerprint density at radius 2 is 2.38 bits per heavy atom. The summed E-state index contributed by atoms with van der Waals surface area (Å²) >= 11 is 0. The highest BCUT2D eigenvalue weighted by atomic mass is 16.2. The second-order valence-corrected chi connectivity index (χ2v) is 3.68. The van der Waals surface area contributed by atoms with E-state index in [4.69, 9.17) is 0 Å². The van der Waals surface area contributed by atoms with Crippen molar-refractivity contribution in [2.45, 2.75) is 13.8 Å². The van der Waals surface area contributed by atoms with Crippen molar-refractivity contribution >= 4 is 11.5 Å². The van der Waals surface area contributed by atoms with Gasteiger partial charge >= 0.3 is 5.69 Å². The summed E-state index contributed by atoms with van der Waals surface area (Å²) in [5.41, 5.74) is 1.41. The first-order chi connectivity index (χ1) is 7.66. The summed E-state index contributed by atoms with van der Waals surface area (Å²) in [5.74, 6) is 0.647. The maximum atomic E-state index is 11.3. The van der Waals surface area contributed by atoms with Crippen LogP contribution in [0.2, 0.25) is 0 Å². The van der Waals surface area contributed by atoms with Crippen LogP contribution in [-0.2, 0) is 0 Å². The summed E-state index contributed by atoms with van der Waals surface area (Å²) in [6.07, 6.45) is 2.05. The summed E-state index contributed by atoms with van der Waals surface area (Å²) in [6.45, 7) is 4.74. The molecule has 2 N–H and O–H groups in total. The van der Waals surface area contributed by atoms with E-state index in [-0.39, 0.29) is 5.69 Å².